The predicted molar refractivity (Wildman–Crippen MR) is 159 cm³/mol. The highest BCUT2D eigenvalue weighted by Crippen LogP contribution is 2.37. The van der Waals surface area contributed by atoms with E-state index in [1.165, 1.54) is 24.6 Å². The van der Waals surface area contributed by atoms with Gasteiger partial charge in [-0.25, -0.2) is 9.97 Å². The number of anilines is 3. The number of allylic oxidation sites excluding steroid dienone is 4. The lowest BCUT2D eigenvalue weighted by Crippen LogP contribution is -2.42. The lowest BCUT2D eigenvalue weighted by atomic mass is 9.93. The SMILES string of the molecule is COCCOc1cc2ncnc(Nc3ccc(N(C)C4CCN(C)CC4)cc3C3=CC(=O)C=CC3=O)c2cc1OC. The van der Waals surface area contributed by atoms with Gasteiger partial charge in [-0.3, -0.25) is 9.59 Å². The Morgan fingerprint density at radius 3 is 2.59 bits per heavy atom. The van der Waals surface area contributed by atoms with Crippen LogP contribution in [0.3, 0.4) is 0 Å². The van der Waals surface area contributed by atoms with Gasteiger partial charge in [0, 0.05) is 54.2 Å². The molecule has 1 saturated heterocycles. The molecule has 10 nitrogen and oxygen atoms in total. The van der Waals surface area contributed by atoms with E-state index < -0.39 is 0 Å². The van der Waals surface area contributed by atoms with Crippen molar-refractivity contribution >= 4 is 45.2 Å². The van der Waals surface area contributed by atoms with Crippen LogP contribution in [0, 0.1) is 0 Å². The molecule has 0 atom stereocenters. The van der Waals surface area contributed by atoms with Gasteiger partial charge < -0.3 is 29.3 Å². The third-order valence-electron chi connectivity index (χ3n) is 7.61. The van der Waals surface area contributed by atoms with Gasteiger partial charge in [-0.2, -0.15) is 0 Å². The number of aromatic nitrogens is 2. The number of likely N-dealkylation sites (tertiary alicyclic amines) is 1. The average molecular weight is 558 g/mol. The number of hydrogen-bond acceptors (Lipinski definition) is 10. The minimum Gasteiger partial charge on any atom is -0.493 e. The molecule has 0 spiro atoms. The van der Waals surface area contributed by atoms with E-state index in [4.69, 9.17) is 14.2 Å². The molecule has 214 valence electrons. The molecule has 1 aromatic heterocycles. The van der Waals surface area contributed by atoms with Gasteiger partial charge in [0.05, 0.1) is 19.2 Å². The molecule has 10 heteroatoms. The second kappa shape index (κ2) is 12.5. The van der Waals surface area contributed by atoms with E-state index >= 15 is 0 Å². The summed E-state index contributed by atoms with van der Waals surface area (Å²) in [5, 5.41) is 4.11. The number of nitrogens with zero attached hydrogens (tertiary/aromatic N) is 4. The van der Waals surface area contributed by atoms with E-state index in [1.807, 2.05) is 24.3 Å². The number of methoxy groups -OCH3 is 2. The van der Waals surface area contributed by atoms with Gasteiger partial charge in [0.25, 0.3) is 0 Å². The molecule has 1 N–H and O–H groups in total. The smallest absolute Gasteiger partial charge is 0.186 e. The Labute approximate surface area is 239 Å². The zero-order valence-electron chi connectivity index (χ0n) is 23.8. The van der Waals surface area contributed by atoms with Gasteiger partial charge in [-0.05, 0) is 75.5 Å². The maximum Gasteiger partial charge on any atom is 0.186 e. The topological polar surface area (TPSA) is 106 Å². The maximum absolute atomic E-state index is 13.0. The largest absolute Gasteiger partial charge is 0.493 e. The van der Waals surface area contributed by atoms with E-state index in [9.17, 15) is 9.59 Å². The first-order chi connectivity index (χ1) is 19.9. The molecule has 0 radical (unpaired) electrons. The van der Waals surface area contributed by atoms with E-state index in [0.717, 1.165) is 31.6 Å². The molecular weight excluding hydrogens is 522 g/mol. The van der Waals surface area contributed by atoms with Crippen LogP contribution in [0.15, 0.2) is 54.9 Å². The Morgan fingerprint density at radius 1 is 1.02 bits per heavy atom. The number of nitrogens with one attached hydrogen (secondary N) is 1. The molecule has 1 fully saturated rings. The fourth-order valence-electron chi connectivity index (χ4n) is 5.19. The Bertz CT molecular complexity index is 1510. The van der Waals surface area contributed by atoms with Crippen molar-refractivity contribution in [1.29, 1.82) is 0 Å². The highest BCUT2D eigenvalue weighted by molar-refractivity contribution is 6.34. The van der Waals surface area contributed by atoms with Crippen LogP contribution in [-0.4, -0.2) is 87.1 Å². The zero-order chi connectivity index (χ0) is 28.9. The van der Waals surface area contributed by atoms with Crippen molar-refractivity contribution < 1.29 is 23.8 Å². The lowest BCUT2D eigenvalue weighted by molar-refractivity contribution is -0.113. The molecule has 3 aromatic rings. The molecule has 1 aliphatic heterocycles. The summed E-state index contributed by atoms with van der Waals surface area (Å²) in [4.78, 5) is 38.8. The number of fused-ring (bicyclic) bond motifs is 1. The van der Waals surface area contributed by atoms with Crippen LogP contribution < -0.4 is 19.7 Å². The summed E-state index contributed by atoms with van der Waals surface area (Å²) in [5.74, 6) is 1.16. The van der Waals surface area contributed by atoms with E-state index in [-0.39, 0.29) is 11.6 Å². The Hall–Kier alpha value is -4.28. The van der Waals surface area contributed by atoms with Crippen molar-refractivity contribution in [2.75, 3.05) is 64.8 Å². The number of hydrogen-bond donors (Lipinski definition) is 1. The highest BCUT2D eigenvalue weighted by atomic mass is 16.5. The predicted octanol–water partition coefficient (Wildman–Crippen LogP) is 4.03. The summed E-state index contributed by atoms with van der Waals surface area (Å²) in [6.45, 7) is 2.88. The number of benzene rings is 2. The van der Waals surface area contributed by atoms with Crippen molar-refractivity contribution in [2.45, 2.75) is 18.9 Å². The normalized spacial score (nSPS) is 16.1. The van der Waals surface area contributed by atoms with Gasteiger partial charge in [0.15, 0.2) is 23.1 Å². The first-order valence-corrected chi connectivity index (χ1v) is 13.6. The first kappa shape index (κ1) is 28.3. The Kier molecular flexibility index (Phi) is 8.61. The molecule has 1 aliphatic carbocycles. The molecule has 0 amide bonds. The molecule has 41 heavy (non-hydrogen) atoms. The van der Waals surface area contributed by atoms with Crippen LogP contribution in [0.1, 0.15) is 18.4 Å². The van der Waals surface area contributed by atoms with Crippen LogP contribution in [0.25, 0.3) is 16.5 Å². The molecule has 2 aromatic carbocycles. The fraction of sp³-hybridized carbons (Fsp3) is 0.355. The van der Waals surface area contributed by atoms with Crippen molar-refractivity contribution in [3.63, 3.8) is 0 Å². The first-order valence-electron chi connectivity index (χ1n) is 13.6. The summed E-state index contributed by atoms with van der Waals surface area (Å²) in [6, 6.07) is 9.94. The zero-order valence-corrected chi connectivity index (χ0v) is 23.8. The minimum atomic E-state index is -0.224. The number of ether oxygens (including phenoxy) is 3. The van der Waals surface area contributed by atoms with Crippen molar-refractivity contribution in [3.8, 4) is 11.5 Å². The molecule has 5 rings (SSSR count). The summed E-state index contributed by atoms with van der Waals surface area (Å²) in [5.41, 5.74) is 3.24. The van der Waals surface area contributed by atoms with E-state index in [1.54, 1.807) is 20.3 Å². The Morgan fingerprint density at radius 2 is 1.83 bits per heavy atom. The lowest BCUT2D eigenvalue weighted by Gasteiger charge is -2.36. The van der Waals surface area contributed by atoms with Crippen LogP contribution in [0.5, 0.6) is 11.5 Å². The van der Waals surface area contributed by atoms with Crippen LogP contribution in [0.2, 0.25) is 0 Å². The molecule has 0 unspecified atom stereocenters. The van der Waals surface area contributed by atoms with Crippen LogP contribution in [0.4, 0.5) is 17.2 Å². The second-order valence-corrected chi connectivity index (χ2v) is 10.2. The number of rotatable bonds is 10. The number of piperidine rings is 1. The molecule has 0 bridgehead atoms. The molecule has 0 saturated carbocycles. The highest BCUT2D eigenvalue weighted by Gasteiger charge is 2.24. The third-order valence-corrected chi connectivity index (χ3v) is 7.61. The van der Waals surface area contributed by atoms with Gasteiger partial charge in [0.1, 0.15) is 18.8 Å². The van der Waals surface area contributed by atoms with Gasteiger partial charge in [-0.1, -0.05) is 0 Å². The number of carbonyl (C=O) groups is 2. The van der Waals surface area contributed by atoms with Crippen LogP contribution in [-0.2, 0) is 14.3 Å². The molecular formula is C31H35N5O5. The average Bonchev–Trinajstić information content (AvgIpc) is 2.98. The van der Waals surface area contributed by atoms with E-state index in [0.29, 0.717) is 64.3 Å². The summed E-state index contributed by atoms with van der Waals surface area (Å²) < 4.78 is 16.5. The summed E-state index contributed by atoms with van der Waals surface area (Å²) in [7, 11) is 7.41. The van der Waals surface area contributed by atoms with Gasteiger partial charge >= 0.3 is 0 Å². The van der Waals surface area contributed by atoms with Crippen molar-refractivity contribution in [2.24, 2.45) is 0 Å². The number of ketones is 2. The summed E-state index contributed by atoms with van der Waals surface area (Å²) >= 11 is 0. The standard InChI is InChI=1S/C31H35N5O5/c1-35-11-9-20(10-12-35)36(2)21-5-7-26(23(15-21)24-16-22(37)6-8-28(24)38)34-31-25-17-29(40-4)30(41-14-13-39-3)18-27(25)32-19-33-31/h5-8,15-20H,9-14H2,1-4H3,(H,32,33,34). The molecule has 2 aliphatic rings. The second-order valence-electron chi connectivity index (χ2n) is 10.2. The third kappa shape index (κ3) is 6.23. The molecule has 2 heterocycles. The monoisotopic (exact) mass is 557 g/mol. The van der Waals surface area contributed by atoms with Crippen LogP contribution >= 0.6 is 0 Å². The minimum absolute atomic E-state index is 0.223. The Balaban J connectivity index is 1.53. The van der Waals surface area contributed by atoms with Gasteiger partial charge in [-0.15, -0.1) is 0 Å². The number of carbonyl (C=O) groups excluding carboxylic acids is 2. The summed E-state index contributed by atoms with van der Waals surface area (Å²) in [6.07, 6.45) is 7.59. The van der Waals surface area contributed by atoms with Crippen molar-refractivity contribution in [1.82, 2.24) is 14.9 Å². The van der Waals surface area contributed by atoms with Gasteiger partial charge in [0.2, 0.25) is 0 Å². The van der Waals surface area contributed by atoms with E-state index in [2.05, 4.69) is 39.2 Å². The fourth-order valence-corrected chi connectivity index (χ4v) is 5.19. The maximum atomic E-state index is 13.0. The quantitative estimate of drug-likeness (QED) is 0.290. The van der Waals surface area contributed by atoms with Crippen molar-refractivity contribution in [3.05, 3.63) is 60.5 Å².